The van der Waals surface area contributed by atoms with Crippen LogP contribution in [0.5, 0.6) is 5.75 Å². The van der Waals surface area contributed by atoms with Gasteiger partial charge < -0.3 is 14.8 Å². The number of carboxylic acids is 1. The summed E-state index contributed by atoms with van der Waals surface area (Å²) in [6.07, 6.45) is 4.36. The van der Waals surface area contributed by atoms with Gasteiger partial charge in [-0.05, 0) is 64.8 Å². The van der Waals surface area contributed by atoms with Gasteiger partial charge in [0.25, 0.3) is 0 Å². The molecule has 0 aromatic heterocycles. The van der Waals surface area contributed by atoms with Gasteiger partial charge in [-0.2, -0.15) is 0 Å². The van der Waals surface area contributed by atoms with Gasteiger partial charge in [0.15, 0.2) is 12.9 Å². The van der Waals surface area contributed by atoms with E-state index in [2.05, 4.69) is 0 Å². The molecule has 3 aromatic rings. The lowest BCUT2D eigenvalue weighted by atomic mass is 9.87. The van der Waals surface area contributed by atoms with Gasteiger partial charge in [0.2, 0.25) is 0 Å². The summed E-state index contributed by atoms with van der Waals surface area (Å²) in [5.41, 5.74) is 2.22. The van der Waals surface area contributed by atoms with Crippen molar-refractivity contribution in [2.45, 2.75) is 0 Å². The van der Waals surface area contributed by atoms with Gasteiger partial charge in [-0.25, -0.2) is 4.79 Å². The number of hydrogen-bond donors (Lipinski definition) is 2. The molecule has 0 saturated carbocycles. The highest BCUT2D eigenvalue weighted by Crippen LogP contribution is 2.61. The molecule has 5 nitrogen and oxygen atoms in total. The minimum Gasteiger partial charge on any atom is -0.508 e. The average molecular weight is 440 g/mol. The van der Waals surface area contributed by atoms with E-state index in [0.29, 0.717) is 38.2 Å². The van der Waals surface area contributed by atoms with Crippen LogP contribution in [0.3, 0.4) is 0 Å². The van der Waals surface area contributed by atoms with Gasteiger partial charge in [0, 0.05) is 15.9 Å². The molecule has 0 fully saturated rings. The lowest BCUT2D eigenvalue weighted by molar-refractivity contribution is -0.110. The van der Waals surface area contributed by atoms with Crippen molar-refractivity contribution in [2.75, 3.05) is 0 Å². The molecule has 1 unspecified atom stereocenters. The van der Waals surface area contributed by atoms with Crippen LogP contribution in [0.25, 0.3) is 5.57 Å². The Morgan fingerprint density at radius 2 is 1.56 bits per heavy atom. The van der Waals surface area contributed by atoms with Gasteiger partial charge in [-0.15, -0.1) is 0 Å². The number of aromatic hydroxyl groups is 1. The zero-order valence-corrected chi connectivity index (χ0v) is 17.6. The first-order valence-corrected chi connectivity index (χ1v) is 11.6. The van der Waals surface area contributed by atoms with Crippen LogP contribution in [0.2, 0.25) is 0 Å². The molecule has 0 saturated heterocycles. The van der Waals surface area contributed by atoms with Gasteiger partial charge in [-0.3, -0.25) is 4.79 Å². The summed E-state index contributed by atoms with van der Waals surface area (Å²) < 4.78 is 14.8. The Labute approximate surface area is 184 Å². The summed E-state index contributed by atoms with van der Waals surface area (Å²) in [5.74, 6) is -1.45. The molecule has 1 atom stereocenters. The topological polar surface area (TPSA) is 91.7 Å². The van der Waals surface area contributed by atoms with Crippen molar-refractivity contribution in [1.82, 2.24) is 0 Å². The lowest BCUT2D eigenvalue weighted by Gasteiger charge is -2.33. The second-order valence-electron chi connectivity index (χ2n) is 7.55. The van der Waals surface area contributed by atoms with Crippen LogP contribution in [0.1, 0.15) is 21.5 Å². The zero-order valence-electron chi connectivity index (χ0n) is 16.7. The number of carbonyl (C=O) groups excluding carboxylic acids is 1. The Balaban J connectivity index is 1.95. The van der Waals surface area contributed by atoms with Crippen LogP contribution in [0, 0.1) is 0 Å². The third-order valence-corrected chi connectivity index (χ3v) is 8.84. The molecule has 3 aromatic carbocycles. The maximum absolute atomic E-state index is 14.8. The number of aromatic carboxylic acids is 1. The first kappa shape index (κ1) is 20.0. The van der Waals surface area contributed by atoms with E-state index >= 15 is 0 Å². The fourth-order valence-electron chi connectivity index (χ4n) is 4.34. The molecule has 0 spiro atoms. The van der Waals surface area contributed by atoms with Crippen LogP contribution in [-0.4, -0.2) is 22.0 Å². The fourth-order valence-corrected chi connectivity index (χ4v) is 7.43. The molecule has 2 aliphatic rings. The third kappa shape index (κ3) is 2.90. The third-order valence-electron chi connectivity index (χ3n) is 5.71. The summed E-state index contributed by atoms with van der Waals surface area (Å²) in [6, 6.07) is 20.0. The maximum atomic E-state index is 14.8. The highest BCUT2D eigenvalue weighted by Gasteiger charge is 2.42. The number of benzene rings is 3. The molecule has 1 aliphatic carbocycles. The predicted octanol–water partition coefficient (Wildman–Crippen LogP) is 4.24. The van der Waals surface area contributed by atoms with Crippen molar-refractivity contribution < 1.29 is 24.4 Å². The van der Waals surface area contributed by atoms with Crippen LogP contribution >= 0.6 is 7.14 Å². The number of carboxylic acid groups (broad SMARTS) is 1. The predicted molar refractivity (Wildman–Crippen MR) is 123 cm³/mol. The number of ketones is 1. The molecule has 32 heavy (non-hydrogen) atoms. The molecule has 2 N–H and O–H groups in total. The summed E-state index contributed by atoms with van der Waals surface area (Å²) in [5, 5.41) is 21.3. The minimum absolute atomic E-state index is 0.0625. The number of carbonyl (C=O) groups is 2. The van der Waals surface area contributed by atoms with Crippen molar-refractivity contribution in [3.63, 3.8) is 0 Å². The van der Waals surface area contributed by atoms with Crippen molar-refractivity contribution in [3.05, 3.63) is 119 Å². The highest BCUT2D eigenvalue weighted by molar-refractivity contribution is 7.83. The quantitative estimate of drug-likeness (QED) is 0.595. The van der Waals surface area contributed by atoms with Gasteiger partial charge in [0.1, 0.15) is 5.75 Å². The molecule has 156 valence electrons. The molecule has 1 aliphatic heterocycles. The lowest BCUT2D eigenvalue weighted by Crippen LogP contribution is -2.27. The van der Waals surface area contributed by atoms with Crippen molar-refractivity contribution >= 4 is 35.1 Å². The first-order chi connectivity index (χ1) is 15.4. The van der Waals surface area contributed by atoms with E-state index < -0.39 is 13.1 Å². The molecule has 1 heterocycles. The average Bonchev–Trinajstić information content (AvgIpc) is 2.80. The van der Waals surface area contributed by atoms with E-state index in [0.717, 1.165) is 0 Å². The van der Waals surface area contributed by atoms with Crippen LogP contribution in [0.4, 0.5) is 0 Å². The summed E-state index contributed by atoms with van der Waals surface area (Å²) >= 11 is 0. The number of rotatable bonds is 3. The number of fused-ring (bicyclic) bond motifs is 2. The zero-order chi connectivity index (χ0) is 22.5. The monoisotopic (exact) mass is 440 g/mol. The van der Waals surface area contributed by atoms with E-state index in [-0.39, 0.29) is 17.1 Å². The SMILES string of the molecule is O=C1C=CC2=C(c3ccccc3C(=O)O)c3ccc(O)cc3P(=O)(c3ccccc3)C2=C1. The Morgan fingerprint density at radius 1 is 0.844 bits per heavy atom. The van der Waals surface area contributed by atoms with E-state index in [9.17, 15) is 24.4 Å². The molecule has 0 amide bonds. The fraction of sp³-hybridized carbons (Fsp3) is 0. The Kier molecular flexibility index (Phi) is 4.58. The van der Waals surface area contributed by atoms with Gasteiger partial charge in [0.05, 0.1) is 5.56 Å². The smallest absolute Gasteiger partial charge is 0.336 e. The van der Waals surface area contributed by atoms with Crippen LogP contribution < -0.4 is 10.6 Å². The summed E-state index contributed by atoms with van der Waals surface area (Å²) in [7, 11) is -3.52. The van der Waals surface area contributed by atoms with Gasteiger partial charge in [-0.1, -0.05) is 48.5 Å². The number of allylic oxidation sites excluding steroid dienone is 5. The minimum atomic E-state index is -3.52. The highest BCUT2D eigenvalue weighted by atomic mass is 31.2. The molecule has 5 rings (SSSR count). The maximum Gasteiger partial charge on any atom is 0.336 e. The number of phenolic OH excluding ortho intramolecular Hbond substituents is 1. The largest absolute Gasteiger partial charge is 0.508 e. The van der Waals surface area contributed by atoms with E-state index in [1.54, 1.807) is 54.6 Å². The number of hydrogen-bond acceptors (Lipinski definition) is 4. The standard InChI is InChI=1S/C26H17O5P/c27-16-10-12-21-23(14-16)32(31,18-6-2-1-3-7-18)24-15-17(28)11-13-22(24)25(21)19-8-4-5-9-20(19)26(29)30/h1-15,27H,(H,29,30). The molecular weight excluding hydrogens is 423 g/mol. The first-order valence-electron chi connectivity index (χ1n) is 9.92. The van der Waals surface area contributed by atoms with E-state index in [1.165, 1.54) is 30.4 Å². The van der Waals surface area contributed by atoms with Crippen molar-refractivity contribution in [3.8, 4) is 5.75 Å². The van der Waals surface area contributed by atoms with Crippen molar-refractivity contribution in [1.29, 1.82) is 0 Å². The summed E-state index contributed by atoms with van der Waals surface area (Å²) in [6.45, 7) is 0. The second kappa shape index (κ2) is 7.33. The van der Waals surface area contributed by atoms with E-state index in [1.807, 2.05) is 6.07 Å². The molecule has 6 heteroatoms. The van der Waals surface area contributed by atoms with Crippen LogP contribution in [0.15, 0.2) is 102 Å². The Morgan fingerprint density at radius 3 is 2.31 bits per heavy atom. The summed E-state index contributed by atoms with van der Waals surface area (Å²) in [4.78, 5) is 24.4. The molecule has 0 radical (unpaired) electrons. The van der Waals surface area contributed by atoms with E-state index in [4.69, 9.17) is 0 Å². The Hall–Kier alpha value is -3.95. The molecular formula is C26H17O5P. The van der Waals surface area contributed by atoms with Crippen molar-refractivity contribution in [2.24, 2.45) is 0 Å². The van der Waals surface area contributed by atoms with Gasteiger partial charge >= 0.3 is 5.97 Å². The second-order valence-corrected chi connectivity index (χ2v) is 10.2. The normalized spacial score (nSPS) is 19.2. The Bertz CT molecular complexity index is 1440. The van der Waals surface area contributed by atoms with Crippen LogP contribution in [-0.2, 0) is 9.36 Å². The molecule has 0 bridgehead atoms. The number of phenols is 1.